The molecule has 1 N–H and O–H groups in total. The minimum absolute atomic E-state index is 0.182. The number of hydrogen-bond acceptors (Lipinski definition) is 2. The summed E-state index contributed by atoms with van der Waals surface area (Å²) < 4.78 is 6.44. The summed E-state index contributed by atoms with van der Waals surface area (Å²) in [5, 5.41) is 10.9. The van der Waals surface area contributed by atoms with Crippen LogP contribution < -0.4 is 4.74 Å². The highest BCUT2D eigenvalue weighted by Crippen LogP contribution is 2.54. The van der Waals surface area contributed by atoms with Crippen molar-refractivity contribution in [2.45, 2.75) is 97.0 Å². The number of allylic oxidation sites excluding steroid dienone is 2. The Hall–Kier alpha value is -1.44. The van der Waals surface area contributed by atoms with Crippen molar-refractivity contribution < 1.29 is 9.84 Å². The third kappa shape index (κ3) is 3.94. The van der Waals surface area contributed by atoms with Gasteiger partial charge in [0.15, 0.2) is 0 Å². The van der Waals surface area contributed by atoms with Gasteiger partial charge in [-0.05, 0) is 70.1 Å². The maximum absolute atomic E-state index is 10.9. The lowest BCUT2D eigenvalue weighted by Gasteiger charge is -2.47. The quantitative estimate of drug-likeness (QED) is 0.425. The highest BCUT2D eigenvalue weighted by atomic mass is 16.5. The van der Waals surface area contributed by atoms with Gasteiger partial charge in [0.05, 0.1) is 0 Å². The molecule has 1 aliphatic heterocycles. The molecular weight excluding hydrogens is 320 g/mol. The van der Waals surface area contributed by atoms with E-state index in [9.17, 15) is 5.11 Å². The molecule has 0 fully saturated rings. The molecule has 1 aliphatic carbocycles. The molecule has 0 amide bonds. The second-order valence-electron chi connectivity index (χ2n) is 8.81. The molecule has 0 bridgehead atoms. The van der Waals surface area contributed by atoms with Gasteiger partial charge in [-0.2, -0.15) is 0 Å². The smallest absolute Gasteiger partial charge is 0.127 e. The fourth-order valence-corrected chi connectivity index (χ4v) is 4.85. The zero-order valence-electron chi connectivity index (χ0n) is 17.1. The van der Waals surface area contributed by atoms with Crippen molar-refractivity contribution in [1.82, 2.24) is 0 Å². The normalized spacial score (nSPS) is 23.6. The summed E-state index contributed by atoms with van der Waals surface area (Å²) in [5.41, 5.74) is 3.67. The Morgan fingerprint density at radius 3 is 2.58 bits per heavy atom. The van der Waals surface area contributed by atoms with Crippen LogP contribution in [0.5, 0.6) is 11.5 Å². The number of rotatable bonds is 7. The lowest BCUT2D eigenvalue weighted by Crippen LogP contribution is -2.45. The molecule has 1 aromatic rings. The van der Waals surface area contributed by atoms with Crippen LogP contribution in [0.15, 0.2) is 23.8 Å². The summed E-state index contributed by atoms with van der Waals surface area (Å²) in [6, 6.07) is 4.20. The lowest BCUT2D eigenvalue weighted by molar-refractivity contribution is 0.00725. The lowest BCUT2D eigenvalue weighted by atomic mass is 9.66. The number of ether oxygens (including phenoxy) is 1. The Bertz CT molecular complexity index is 656. The van der Waals surface area contributed by atoms with Gasteiger partial charge in [0.25, 0.3) is 0 Å². The molecule has 0 saturated heterocycles. The summed E-state index contributed by atoms with van der Waals surface area (Å²) >= 11 is 0. The van der Waals surface area contributed by atoms with Gasteiger partial charge in [-0.3, -0.25) is 0 Å². The van der Waals surface area contributed by atoms with Crippen LogP contribution >= 0.6 is 0 Å². The molecule has 2 atom stereocenters. The fourth-order valence-electron chi connectivity index (χ4n) is 4.85. The molecule has 26 heavy (non-hydrogen) atoms. The third-order valence-electron chi connectivity index (χ3n) is 6.37. The van der Waals surface area contributed by atoms with E-state index in [4.69, 9.17) is 4.74 Å². The Labute approximate surface area is 159 Å². The summed E-state index contributed by atoms with van der Waals surface area (Å²) in [7, 11) is 0. The van der Waals surface area contributed by atoms with Gasteiger partial charge in [-0.15, -0.1) is 0 Å². The molecule has 1 heterocycles. The molecule has 144 valence electrons. The maximum Gasteiger partial charge on any atom is 0.127 e. The first-order valence-electron chi connectivity index (χ1n) is 10.7. The molecule has 0 spiro atoms. The zero-order chi connectivity index (χ0) is 18.7. The highest BCUT2D eigenvalue weighted by molar-refractivity contribution is 5.52. The van der Waals surface area contributed by atoms with Gasteiger partial charge >= 0.3 is 0 Å². The van der Waals surface area contributed by atoms with Crippen LogP contribution in [-0.4, -0.2) is 10.7 Å². The standard InChI is InChI=1S/C24H36O2/c1-5-7-9-11-18-15-21(25)23-19-14-17(10-8-6-2)12-13-20(19)24(3,4)26-22(23)16-18/h12,15-16,19-20,25H,5-11,13-14H2,1-4H3/t19?,20-/m1/s1. The van der Waals surface area contributed by atoms with E-state index in [0.717, 1.165) is 30.6 Å². The molecule has 2 nitrogen and oxygen atoms in total. The average molecular weight is 357 g/mol. The van der Waals surface area contributed by atoms with Gasteiger partial charge in [0.1, 0.15) is 17.1 Å². The minimum Gasteiger partial charge on any atom is -0.508 e. The van der Waals surface area contributed by atoms with Crippen molar-refractivity contribution in [3.63, 3.8) is 0 Å². The van der Waals surface area contributed by atoms with E-state index in [2.05, 4.69) is 39.8 Å². The second-order valence-corrected chi connectivity index (χ2v) is 8.81. The molecule has 1 aromatic carbocycles. The van der Waals surface area contributed by atoms with Gasteiger partial charge in [0, 0.05) is 17.4 Å². The Morgan fingerprint density at radius 1 is 1.08 bits per heavy atom. The number of hydrogen-bond donors (Lipinski definition) is 1. The van der Waals surface area contributed by atoms with Crippen LogP contribution in [0.2, 0.25) is 0 Å². The SMILES string of the molecule is CCCCCc1cc(O)c2c(c1)OC(C)(C)[C@@H]1CC=C(CCCC)CC21. The largest absolute Gasteiger partial charge is 0.508 e. The van der Waals surface area contributed by atoms with Gasteiger partial charge in [0.2, 0.25) is 0 Å². The van der Waals surface area contributed by atoms with Crippen molar-refractivity contribution in [3.8, 4) is 11.5 Å². The van der Waals surface area contributed by atoms with E-state index in [1.165, 1.54) is 44.1 Å². The number of aromatic hydroxyl groups is 1. The first kappa shape index (κ1) is 19.3. The maximum atomic E-state index is 10.9. The van der Waals surface area contributed by atoms with Crippen LogP contribution in [0.3, 0.4) is 0 Å². The van der Waals surface area contributed by atoms with Crippen molar-refractivity contribution in [1.29, 1.82) is 0 Å². The van der Waals surface area contributed by atoms with Crippen LogP contribution in [0.25, 0.3) is 0 Å². The van der Waals surface area contributed by atoms with E-state index < -0.39 is 0 Å². The Balaban J connectivity index is 1.90. The Kier molecular flexibility index (Phi) is 5.99. The fraction of sp³-hybridized carbons (Fsp3) is 0.667. The van der Waals surface area contributed by atoms with Crippen molar-refractivity contribution in [3.05, 3.63) is 34.9 Å². The van der Waals surface area contributed by atoms with E-state index >= 15 is 0 Å². The highest BCUT2D eigenvalue weighted by Gasteiger charge is 2.45. The topological polar surface area (TPSA) is 29.5 Å². The number of unbranched alkanes of at least 4 members (excludes halogenated alkanes) is 3. The van der Waals surface area contributed by atoms with Crippen LogP contribution in [0.4, 0.5) is 0 Å². The van der Waals surface area contributed by atoms with E-state index in [-0.39, 0.29) is 5.60 Å². The summed E-state index contributed by atoms with van der Waals surface area (Å²) in [5.74, 6) is 2.21. The van der Waals surface area contributed by atoms with Crippen LogP contribution in [0, 0.1) is 5.92 Å². The number of fused-ring (bicyclic) bond motifs is 3. The summed E-state index contributed by atoms with van der Waals surface area (Å²) in [4.78, 5) is 0. The summed E-state index contributed by atoms with van der Waals surface area (Å²) in [6.07, 6.45) is 12.9. The second kappa shape index (κ2) is 8.06. The monoisotopic (exact) mass is 356 g/mol. The first-order valence-corrected chi connectivity index (χ1v) is 10.7. The average Bonchev–Trinajstić information content (AvgIpc) is 2.59. The minimum atomic E-state index is -0.182. The molecule has 0 saturated carbocycles. The predicted octanol–water partition coefficient (Wildman–Crippen LogP) is 6.91. The van der Waals surface area contributed by atoms with E-state index in [0.29, 0.717) is 17.6 Å². The van der Waals surface area contributed by atoms with Crippen molar-refractivity contribution >= 4 is 0 Å². The third-order valence-corrected chi connectivity index (χ3v) is 6.37. The predicted molar refractivity (Wildman–Crippen MR) is 109 cm³/mol. The van der Waals surface area contributed by atoms with E-state index in [1.54, 1.807) is 5.57 Å². The molecule has 2 aliphatic rings. The van der Waals surface area contributed by atoms with Gasteiger partial charge in [-0.1, -0.05) is 44.8 Å². The van der Waals surface area contributed by atoms with Gasteiger partial charge in [-0.25, -0.2) is 0 Å². The van der Waals surface area contributed by atoms with Crippen LogP contribution in [0.1, 0.15) is 96.1 Å². The number of phenolic OH excluding ortho intramolecular Hbond substituents is 1. The van der Waals surface area contributed by atoms with E-state index in [1.807, 2.05) is 6.07 Å². The van der Waals surface area contributed by atoms with Crippen molar-refractivity contribution in [2.24, 2.45) is 5.92 Å². The number of benzene rings is 1. The first-order chi connectivity index (χ1) is 12.5. The molecular formula is C24H36O2. The summed E-state index contributed by atoms with van der Waals surface area (Å²) in [6.45, 7) is 8.92. The van der Waals surface area contributed by atoms with Crippen LogP contribution in [-0.2, 0) is 6.42 Å². The number of aryl methyl sites for hydroxylation is 1. The molecule has 0 aromatic heterocycles. The Morgan fingerprint density at radius 2 is 1.85 bits per heavy atom. The molecule has 2 heteroatoms. The molecule has 0 radical (unpaired) electrons. The molecule has 3 rings (SSSR count). The number of phenols is 1. The zero-order valence-corrected chi connectivity index (χ0v) is 17.1. The van der Waals surface area contributed by atoms with Gasteiger partial charge < -0.3 is 9.84 Å². The molecule has 1 unspecified atom stereocenters. The van der Waals surface area contributed by atoms with Crippen molar-refractivity contribution in [2.75, 3.05) is 0 Å².